The minimum absolute atomic E-state index is 0.0560. The molecule has 18 nitrogen and oxygen atoms in total. The number of anilines is 6. The van der Waals surface area contributed by atoms with Crippen LogP contribution in [0, 0.1) is 29.6 Å². The van der Waals surface area contributed by atoms with Crippen LogP contribution in [0.5, 0.6) is 0 Å². The summed E-state index contributed by atoms with van der Waals surface area (Å²) in [6.45, 7) is 21.3. The molecule has 1 aromatic heterocycles. The van der Waals surface area contributed by atoms with Gasteiger partial charge in [-0.15, -0.1) is 0 Å². The van der Waals surface area contributed by atoms with E-state index < -0.39 is 35.8 Å². The maximum Gasteiger partial charge on any atom is 0.345 e. The Morgan fingerprint density at radius 3 is 0.767 bits per heavy atom. The molecule has 0 aliphatic carbocycles. The van der Waals surface area contributed by atoms with Crippen molar-refractivity contribution in [1.82, 2.24) is 15.0 Å². The molecule has 3 aromatic carbocycles. The average Bonchev–Trinajstić information content (AvgIpc) is 3.34. The number of esters is 6. The van der Waals surface area contributed by atoms with Crippen LogP contribution in [-0.2, 0) is 57.2 Å². The summed E-state index contributed by atoms with van der Waals surface area (Å²) in [7, 11) is 0. The van der Waals surface area contributed by atoms with Gasteiger partial charge in [0.05, 0.1) is 39.6 Å². The fraction of sp³-hybridized carbons (Fsp3) is 0.400. The van der Waals surface area contributed by atoms with Gasteiger partial charge in [-0.3, -0.25) is 0 Å². The van der Waals surface area contributed by atoms with Crippen molar-refractivity contribution in [3.05, 3.63) is 106 Å². The van der Waals surface area contributed by atoms with Crippen LogP contribution in [0.3, 0.4) is 0 Å². The minimum atomic E-state index is -0.803. The lowest BCUT2D eigenvalue weighted by atomic mass is 10.1. The molecule has 0 saturated heterocycles. The molecule has 0 fully saturated rings. The van der Waals surface area contributed by atoms with Crippen LogP contribution in [0.1, 0.15) is 92.9 Å². The molecule has 4 rings (SSSR count). The normalized spacial score (nSPS) is 11.2. The highest BCUT2D eigenvalue weighted by atomic mass is 16.6. The standard InChI is InChI=1S/C55H68N6O12/c1-12-68-47(62)44(48(63)69-28-33(2)3)25-38-13-19-41(20-14-38)56-53-59-54(57-42-21-15-39(16-22-42)26-45(49(64)70-29-34(4)5)50(65)71-30-35(6)7)61-55(60-53)58-43-23-17-40(18-24-43)27-46(51(66)72-31-36(8)9)52(67)73-32-37(10)11/h13-27,33-37H,12,28-32H2,1-11H3,(H3,56,57,58,59,60,61). The Morgan fingerprint density at radius 2 is 0.575 bits per heavy atom. The molecular formula is C55H68N6O12. The fourth-order valence-electron chi connectivity index (χ4n) is 5.83. The SMILES string of the molecule is CCOC(=O)C(=Cc1ccc(Nc2nc(Nc3ccc(C=C(C(=O)OCC(C)C)C(=O)OCC(C)C)cc3)nc(Nc3ccc(C=C(C(=O)OCC(C)C)C(=O)OCC(C)C)cc3)n2)cc1)C(=O)OCC(C)C. The van der Waals surface area contributed by atoms with Crippen LogP contribution >= 0.6 is 0 Å². The number of nitrogens with one attached hydrogen (secondary N) is 3. The molecule has 0 amide bonds. The van der Waals surface area contributed by atoms with Gasteiger partial charge in [0.15, 0.2) is 0 Å². The first-order valence-electron chi connectivity index (χ1n) is 24.2. The van der Waals surface area contributed by atoms with Gasteiger partial charge in [-0.1, -0.05) is 106 Å². The second-order valence-electron chi connectivity index (χ2n) is 18.9. The Morgan fingerprint density at radius 1 is 0.370 bits per heavy atom. The van der Waals surface area contributed by atoms with Crippen LogP contribution in [-0.4, -0.2) is 90.4 Å². The molecule has 0 atom stereocenters. The Balaban J connectivity index is 1.69. The number of carbonyl (C=O) groups excluding carboxylic acids is 6. The van der Waals surface area contributed by atoms with E-state index >= 15 is 0 Å². The van der Waals surface area contributed by atoms with E-state index in [1.165, 1.54) is 18.2 Å². The summed E-state index contributed by atoms with van der Waals surface area (Å²) in [5, 5.41) is 9.52. The topological polar surface area (TPSA) is 233 Å². The average molecular weight is 1010 g/mol. The first-order valence-corrected chi connectivity index (χ1v) is 24.2. The third-order valence-corrected chi connectivity index (χ3v) is 9.40. The lowest BCUT2D eigenvalue weighted by Crippen LogP contribution is -2.21. The number of rotatable bonds is 26. The lowest BCUT2D eigenvalue weighted by Gasteiger charge is -2.13. The van der Waals surface area contributed by atoms with Crippen molar-refractivity contribution < 1.29 is 57.2 Å². The van der Waals surface area contributed by atoms with Gasteiger partial charge in [-0.05, 0) is 108 Å². The molecule has 4 aromatic rings. The molecule has 0 saturated carbocycles. The van der Waals surface area contributed by atoms with E-state index in [0.29, 0.717) is 33.8 Å². The molecule has 0 radical (unpaired) electrons. The fourth-order valence-corrected chi connectivity index (χ4v) is 5.83. The summed E-state index contributed by atoms with van der Waals surface area (Å²) in [6.07, 6.45) is 4.23. The van der Waals surface area contributed by atoms with Crippen molar-refractivity contribution in [2.45, 2.75) is 76.2 Å². The zero-order valence-electron chi connectivity index (χ0n) is 43.5. The third kappa shape index (κ3) is 20.4. The minimum Gasteiger partial charge on any atom is -0.462 e. The number of nitrogens with zero attached hydrogens (tertiary/aromatic N) is 3. The molecule has 18 heteroatoms. The van der Waals surface area contributed by atoms with Gasteiger partial charge in [-0.25, -0.2) is 28.8 Å². The maximum absolute atomic E-state index is 13.0. The van der Waals surface area contributed by atoms with Gasteiger partial charge >= 0.3 is 35.8 Å². The van der Waals surface area contributed by atoms with Gasteiger partial charge in [0, 0.05) is 17.1 Å². The summed E-state index contributed by atoms with van der Waals surface area (Å²) in [5.41, 5.74) is 2.46. The van der Waals surface area contributed by atoms with E-state index in [2.05, 4.69) is 30.9 Å². The van der Waals surface area contributed by atoms with Crippen LogP contribution in [0.15, 0.2) is 89.5 Å². The van der Waals surface area contributed by atoms with Crippen LogP contribution in [0.25, 0.3) is 18.2 Å². The summed E-state index contributed by atoms with van der Waals surface area (Å²) in [6, 6.07) is 20.4. The predicted molar refractivity (Wildman–Crippen MR) is 279 cm³/mol. The Kier molecular flexibility index (Phi) is 22.8. The van der Waals surface area contributed by atoms with E-state index in [9.17, 15) is 28.8 Å². The molecule has 0 bridgehead atoms. The Hall–Kier alpha value is -7.89. The number of hydrogen-bond donors (Lipinski definition) is 3. The highest BCUT2D eigenvalue weighted by molar-refractivity contribution is 6.19. The van der Waals surface area contributed by atoms with E-state index in [1.807, 2.05) is 69.2 Å². The van der Waals surface area contributed by atoms with Gasteiger partial charge in [0.2, 0.25) is 17.8 Å². The largest absolute Gasteiger partial charge is 0.462 e. The number of carbonyl (C=O) groups is 6. The van der Waals surface area contributed by atoms with Crippen molar-refractivity contribution >= 4 is 89.0 Å². The Labute approximate surface area is 427 Å². The second-order valence-corrected chi connectivity index (χ2v) is 18.9. The van der Waals surface area contributed by atoms with E-state index in [4.69, 9.17) is 28.4 Å². The molecule has 0 aliphatic rings. The highest BCUT2D eigenvalue weighted by Crippen LogP contribution is 2.24. The van der Waals surface area contributed by atoms with Gasteiger partial charge in [-0.2, -0.15) is 15.0 Å². The zero-order valence-corrected chi connectivity index (χ0v) is 43.5. The van der Waals surface area contributed by atoms with E-state index in [1.54, 1.807) is 79.7 Å². The smallest absolute Gasteiger partial charge is 0.345 e. The number of hydrogen-bond acceptors (Lipinski definition) is 18. The molecule has 0 spiro atoms. The van der Waals surface area contributed by atoms with Crippen molar-refractivity contribution in [1.29, 1.82) is 0 Å². The van der Waals surface area contributed by atoms with Crippen molar-refractivity contribution in [3.63, 3.8) is 0 Å². The molecular weight excluding hydrogens is 937 g/mol. The van der Waals surface area contributed by atoms with E-state index in [0.717, 1.165) is 0 Å². The zero-order chi connectivity index (χ0) is 53.6. The quantitative estimate of drug-likeness (QED) is 0.0175. The molecule has 390 valence electrons. The van der Waals surface area contributed by atoms with Crippen LogP contribution in [0.4, 0.5) is 34.9 Å². The third-order valence-electron chi connectivity index (χ3n) is 9.40. The number of ether oxygens (including phenoxy) is 6. The summed E-state index contributed by atoms with van der Waals surface area (Å²) in [4.78, 5) is 91.5. The van der Waals surface area contributed by atoms with Crippen molar-refractivity contribution in [2.75, 3.05) is 55.6 Å². The molecule has 73 heavy (non-hydrogen) atoms. The highest BCUT2D eigenvalue weighted by Gasteiger charge is 2.25. The predicted octanol–water partition coefficient (Wildman–Crippen LogP) is 9.81. The summed E-state index contributed by atoms with van der Waals surface area (Å²) >= 11 is 0. The first-order chi connectivity index (χ1) is 34.7. The molecule has 1 heterocycles. The Bertz CT molecular complexity index is 2420. The van der Waals surface area contributed by atoms with Crippen molar-refractivity contribution in [3.8, 4) is 0 Å². The summed E-state index contributed by atoms with van der Waals surface area (Å²) < 4.78 is 32.0. The number of benzene rings is 3. The maximum atomic E-state index is 13.0. The second kappa shape index (κ2) is 28.8. The van der Waals surface area contributed by atoms with E-state index in [-0.39, 0.29) is 104 Å². The van der Waals surface area contributed by atoms with Gasteiger partial charge in [0.25, 0.3) is 0 Å². The van der Waals surface area contributed by atoms with Crippen molar-refractivity contribution in [2.24, 2.45) is 29.6 Å². The van der Waals surface area contributed by atoms with Gasteiger partial charge < -0.3 is 44.4 Å². The van der Waals surface area contributed by atoms with Crippen LogP contribution < -0.4 is 16.0 Å². The lowest BCUT2D eigenvalue weighted by molar-refractivity contribution is -0.149. The molecule has 0 aliphatic heterocycles. The molecule has 0 unspecified atom stereocenters. The van der Waals surface area contributed by atoms with Crippen LogP contribution in [0.2, 0.25) is 0 Å². The van der Waals surface area contributed by atoms with Gasteiger partial charge in [0.1, 0.15) is 16.7 Å². The molecule has 3 N–H and O–H groups in total. The monoisotopic (exact) mass is 1000 g/mol. The summed E-state index contributed by atoms with van der Waals surface area (Å²) in [5.74, 6) is -4.13. The first kappa shape index (κ1) is 57.7. The number of aromatic nitrogens is 3.